The second-order valence-electron chi connectivity index (χ2n) is 7.37. The summed E-state index contributed by atoms with van der Waals surface area (Å²) in [7, 11) is 0. The first-order valence-electron chi connectivity index (χ1n) is 8.41. The average molecular weight is 334 g/mol. The SMILES string of the molecule is CC1(C)CC(=O)c2c(nn(-c3ccc(F)cc3)c2-c2ccccc2)C1. The van der Waals surface area contributed by atoms with Crippen molar-refractivity contribution in [2.75, 3.05) is 0 Å². The molecule has 0 amide bonds. The van der Waals surface area contributed by atoms with Crippen LogP contribution in [0.25, 0.3) is 16.9 Å². The zero-order valence-electron chi connectivity index (χ0n) is 14.3. The summed E-state index contributed by atoms with van der Waals surface area (Å²) in [5.41, 5.74) is 3.91. The summed E-state index contributed by atoms with van der Waals surface area (Å²) in [6.07, 6.45) is 1.26. The van der Waals surface area contributed by atoms with Crippen LogP contribution in [0.5, 0.6) is 0 Å². The van der Waals surface area contributed by atoms with E-state index in [1.165, 1.54) is 12.1 Å². The van der Waals surface area contributed by atoms with Gasteiger partial charge in [0, 0.05) is 12.0 Å². The molecule has 3 nitrogen and oxygen atoms in total. The molecule has 0 radical (unpaired) electrons. The van der Waals surface area contributed by atoms with Gasteiger partial charge in [0.1, 0.15) is 5.82 Å². The minimum Gasteiger partial charge on any atom is -0.294 e. The lowest BCUT2D eigenvalue weighted by Crippen LogP contribution is -2.26. The van der Waals surface area contributed by atoms with Crippen LogP contribution < -0.4 is 0 Å². The molecule has 0 spiro atoms. The van der Waals surface area contributed by atoms with E-state index in [4.69, 9.17) is 5.10 Å². The summed E-state index contributed by atoms with van der Waals surface area (Å²) in [4.78, 5) is 12.9. The lowest BCUT2D eigenvalue weighted by atomic mass is 9.75. The Morgan fingerprint density at radius 3 is 2.36 bits per heavy atom. The Morgan fingerprint density at radius 1 is 1.00 bits per heavy atom. The standard InChI is InChI=1S/C21H19FN2O/c1-21(2)12-17-19(18(25)13-21)20(14-6-4-3-5-7-14)24(23-17)16-10-8-15(22)9-11-16/h3-11H,12-13H2,1-2H3. The number of Topliss-reactive ketones (excluding diaryl/α,β-unsaturated/α-hetero) is 1. The summed E-state index contributed by atoms with van der Waals surface area (Å²) in [6, 6.07) is 16.0. The number of benzene rings is 2. The summed E-state index contributed by atoms with van der Waals surface area (Å²) >= 11 is 0. The van der Waals surface area contributed by atoms with Gasteiger partial charge in [-0.05, 0) is 36.1 Å². The van der Waals surface area contributed by atoms with E-state index in [1.54, 1.807) is 16.8 Å². The zero-order valence-corrected chi connectivity index (χ0v) is 14.3. The molecule has 0 bridgehead atoms. The van der Waals surface area contributed by atoms with Crippen molar-refractivity contribution in [2.24, 2.45) is 5.41 Å². The van der Waals surface area contributed by atoms with Crippen LogP contribution in [0.2, 0.25) is 0 Å². The first-order chi connectivity index (χ1) is 11.9. The number of aromatic nitrogens is 2. The molecule has 1 aromatic heterocycles. The van der Waals surface area contributed by atoms with Gasteiger partial charge in [-0.3, -0.25) is 4.79 Å². The highest BCUT2D eigenvalue weighted by molar-refractivity contribution is 6.04. The first-order valence-corrected chi connectivity index (χ1v) is 8.41. The van der Waals surface area contributed by atoms with Crippen molar-refractivity contribution in [2.45, 2.75) is 26.7 Å². The molecule has 0 fully saturated rings. The topological polar surface area (TPSA) is 34.9 Å². The Bertz CT molecular complexity index is 940. The van der Waals surface area contributed by atoms with Crippen LogP contribution in [0.1, 0.15) is 36.3 Å². The Kier molecular flexibility index (Phi) is 3.57. The molecule has 0 unspecified atom stereocenters. The fourth-order valence-corrected chi connectivity index (χ4v) is 3.55. The smallest absolute Gasteiger partial charge is 0.167 e. The number of rotatable bonds is 2. The van der Waals surface area contributed by atoms with Gasteiger partial charge in [0.05, 0.1) is 22.6 Å². The Hall–Kier alpha value is -2.75. The van der Waals surface area contributed by atoms with Crippen molar-refractivity contribution in [1.29, 1.82) is 0 Å². The molecule has 4 rings (SSSR count). The van der Waals surface area contributed by atoms with Gasteiger partial charge < -0.3 is 0 Å². The van der Waals surface area contributed by atoms with Crippen molar-refractivity contribution < 1.29 is 9.18 Å². The molecule has 1 heterocycles. The molecule has 3 aromatic rings. The molecule has 0 saturated heterocycles. The van der Waals surface area contributed by atoms with Crippen LogP contribution in [0.4, 0.5) is 4.39 Å². The van der Waals surface area contributed by atoms with E-state index >= 15 is 0 Å². The van der Waals surface area contributed by atoms with E-state index in [2.05, 4.69) is 13.8 Å². The first kappa shape index (κ1) is 15.8. The third-order valence-electron chi connectivity index (χ3n) is 4.64. The predicted octanol–water partition coefficient (Wildman–Crippen LogP) is 4.83. The Morgan fingerprint density at radius 2 is 1.68 bits per heavy atom. The number of carbonyl (C=O) groups is 1. The van der Waals surface area contributed by atoms with Crippen LogP contribution in [0.3, 0.4) is 0 Å². The van der Waals surface area contributed by atoms with Crippen LogP contribution >= 0.6 is 0 Å². The fraction of sp³-hybridized carbons (Fsp3) is 0.238. The lowest BCUT2D eigenvalue weighted by Gasteiger charge is -2.27. The number of hydrogen-bond acceptors (Lipinski definition) is 2. The number of hydrogen-bond donors (Lipinski definition) is 0. The van der Waals surface area contributed by atoms with Gasteiger partial charge in [0.2, 0.25) is 0 Å². The van der Waals surface area contributed by atoms with E-state index in [9.17, 15) is 9.18 Å². The van der Waals surface area contributed by atoms with Crippen LogP contribution in [-0.2, 0) is 6.42 Å². The normalized spacial score (nSPS) is 15.9. The molecule has 4 heteroatoms. The second-order valence-corrected chi connectivity index (χ2v) is 7.37. The van der Waals surface area contributed by atoms with Crippen molar-refractivity contribution >= 4 is 5.78 Å². The monoisotopic (exact) mass is 334 g/mol. The highest BCUT2D eigenvalue weighted by atomic mass is 19.1. The molecule has 0 N–H and O–H groups in total. The Balaban J connectivity index is 1.98. The van der Waals surface area contributed by atoms with E-state index < -0.39 is 0 Å². The number of halogens is 1. The molecule has 0 atom stereocenters. The van der Waals surface area contributed by atoms with Gasteiger partial charge in [0.15, 0.2) is 5.78 Å². The maximum atomic E-state index is 13.3. The average Bonchev–Trinajstić information content (AvgIpc) is 2.94. The number of nitrogens with zero attached hydrogens (tertiary/aromatic N) is 2. The van der Waals surface area contributed by atoms with Gasteiger partial charge in [-0.25, -0.2) is 9.07 Å². The van der Waals surface area contributed by atoms with Gasteiger partial charge in [0.25, 0.3) is 0 Å². The maximum Gasteiger partial charge on any atom is 0.167 e. The molecule has 0 saturated carbocycles. The van der Waals surface area contributed by atoms with Crippen molar-refractivity contribution in [3.05, 3.63) is 71.7 Å². The summed E-state index contributed by atoms with van der Waals surface area (Å²) in [5.74, 6) is -0.169. The summed E-state index contributed by atoms with van der Waals surface area (Å²) in [5, 5.41) is 4.75. The third kappa shape index (κ3) is 2.78. The highest BCUT2D eigenvalue weighted by Gasteiger charge is 2.36. The van der Waals surface area contributed by atoms with Crippen molar-refractivity contribution in [3.63, 3.8) is 0 Å². The predicted molar refractivity (Wildman–Crippen MR) is 95.4 cm³/mol. The zero-order chi connectivity index (χ0) is 17.6. The molecule has 1 aliphatic rings. The third-order valence-corrected chi connectivity index (χ3v) is 4.64. The fourth-order valence-electron chi connectivity index (χ4n) is 3.55. The second kappa shape index (κ2) is 5.66. The minimum absolute atomic E-state index is 0.0972. The highest BCUT2D eigenvalue weighted by Crippen LogP contribution is 2.39. The number of carbonyl (C=O) groups excluding carboxylic acids is 1. The van der Waals surface area contributed by atoms with Gasteiger partial charge in [-0.15, -0.1) is 0 Å². The summed E-state index contributed by atoms with van der Waals surface area (Å²) in [6.45, 7) is 4.18. The molecule has 1 aliphatic carbocycles. The van der Waals surface area contributed by atoms with E-state index in [0.29, 0.717) is 12.0 Å². The van der Waals surface area contributed by atoms with Gasteiger partial charge >= 0.3 is 0 Å². The number of fused-ring (bicyclic) bond motifs is 1. The quantitative estimate of drug-likeness (QED) is 0.672. The van der Waals surface area contributed by atoms with Crippen molar-refractivity contribution in [3.8, 4) is 16.9 Å². The number of ketones is 1. The molecule has 0 aliphatic heterocycles. The Labute approximate surface area is 146 Å². The molecular weight excluding hydrogens is 315 g/mol. The molecule has 2 aromatic carbocycles. The van der Waals surface area contributed by atoms with E-state index in [1.807, 2.05) is 30.3 Å². The van der Waals surface area contributed by atoms with Crippen molar-refractivity contribution in [1.82, 2.24) is 9.78 Å². The van der Waals surface area contributed by atoms with Crippen LogP contribution in [0.15, 0.2) is 54.6 Å². The van der Waals surface area contributed by atoms with Gasteiger partial charge in [-0.2, -0.15) is 5.10 Å². The molecular formula is C21H19FN2O. The van der Waals surface area contributed by atoms with Crippen LogP contribution in [0, 0.1) is 11.2 Å². The van der Waals surface area contributed by atoms with Crippen LogP contribution in [-0.4, -0.2) is 15.6 Å². The van der Waals surface area contributed by atoms with Gasteiger partial charge in [-0.1, -0.05) is 44.2 Å². The largest absolute Gasteiger partial charge is 0.294 e. The lowest BCUT2D eigenvalue weighted by molar-refractivity contribution is 0.0912. The molecule has 126 valence electrons. The maximum absolute atomic E-state index is 13.3. The van der Waals surface area contributed by atoms with E-state index in [0.717, 1.165) is 29.1 Å². The minimum atomic E-state index is -0.292. The van der Waals surface area contributed by atoms with E-state index in [-0.39, 0.29) is 17.0 Å². The molecule has 25 heavy (non-hydrogen) atoms. The summed E-state index contributed by atoms with van der Waals surface area (Å²) < 4.78 is 15.1.